The molecule has 0 bridgehead atoms. The van der Waals surface area contributed by atoms with Crippen LogP contribution in [0.4, 0.5) is 0 Å². The van der Waals surface area contributed by atoms with Crippen molar-refractivity contribution in [1.29, 1.82) is 0 Å². The molecule has 0 aromatic heterocycles. The fourth-order valence-electron chi connectivity index (χ4n) is 0.796. The van der Waals surface area contributed by atoms with E-state index in [1.165, 1.54) is 6.42 Å². The van der Waals surface area contributed by atoms with E-state index in [9.17, 15) is 4.79 Å². The van der Waals surface area contributed by atoms with E-state index < -0.39 is 0 Å². The van der Waals surface area contributed by atoms with Gasteiger partial charge in [0.05, 0.1) is 13.0 Å². The molecule has 0 aromatic carbocycles. The number of hydrogen-bond acceptors (Lipinski definition) is 2. The number of carbonyl (C=O) groups excluding carboxylic acids is 1. The maximum atomic E-state index is 11.1. The highest BCUT2D eigenvalue weighted by molar-refractivity contribution is 5.84. The van der Waals surface area contributed by atoms with Gasteiger partial charge in [-0.1, -0.05) is 13.8 Å². The number of nitrogens with zero attached hydrogens (tertiary/aromatic N) is 1. The molecule has 71 valence electrons. The Morgan fingerprint density at radius 1 is 1.58 bits per heavy atom. The standard InChI is InChI=1S/C9H18NO2/c1-8(2)4-6-10(3)9(12)5-7-11/h5,8,11H,4,6-7H2,1-3H3. The van der Waals surface area contributed by atoms with Crippen LogP contribution >= 0.6 is 0 Å². The Morgan fingerprint density at radius 2 is 2.17 bits per heavy atom. The predicted octanol–water partition coefficient (Wildman–Crippen LogP) is 0.687. The fourth-order valence-corrected chi connectivity index (χ4v) is 0.796. The minimum absolute atomic E-state index is 0.0989. The van der Waals surface area contributed by atoms with E-state index >= 15 is 0 Å². The molecular formula is C9H18NO2. The van der Waals surface area contributed by atoms with Crippen molar-refractivity contribution >= 4 is 5.91 Å². The largest absolute Gasteiger partial charge is 0.396 e. The van der Waals surface area contributed by atoms with E-state index in [4.69, 9.17) is 5.11 Å². The van der Waals surface area contributed by atoms with E-state index in [-0.39, 0.29) is 12.5 Å². The number of carbonyl (C=O) groups is 1. The summed E-state index contributed by atoms with van der Waals surface area (Å²) in [6, 6.07) is 0. The molecule has 12 heavy (non-hydrogen) atoms. The van der Waals surface area contributed by atoms with Gasteiger partial charge in [0.25, 0.3) is 0 Å². The van der Waals surface area contributed by atoms with Gasteiger partial charge in [-0.2, -0.15) is 0 Å². The van der Waals surface area contributed by atoms with Gasteiger partial charge in [-0.15, -0.1) is 0 Å². The van der Waals surface area contributed by atoms with Crippen molar-refractivity contribution in [1.82, 2.24) is 4.90 Å². The second-order valence-electron chi connectivity index (χ2n) is 3.33. The molecule has 3 nitrogen and oxygen atoms in total. The van der Waals surface area contributed by atoms with Crippen LogP contribution in [0.15, 0.2) is 0 Å². The molecule has 0 rings (SSSR count). The molecule has 0 aliphatic carbocycles. The summed E-state index contributed by atoms with van der Waals surface area (Å²) in [7, 11) is 1.75. The van der Waals surface area contributed by atoms with Gasteiger partial charge in [-0.25, -0.2) is 0 Å². The third-order valence-electron chi connectivity index (χ3n) is 1.68. The topological polar surface area (TPSA) is 40.5 Å². The van der Waals surface area contributed by atoms with Crippen LogP contribution in [0.3, 0.4) is 0 Å². The molecule has 0 fully saturated rings. The highest BCUT2D eigenvalue weighted by Gasteiger charge is 2.07. The van der Waals surface area contributed by atoms with Crippen LogP contribution in [0.1, 0.15) is 20.3 Å². The Labute approximate surface area is 74.4 Å². The molecule has 0 atom stereocenters. The van der Waals surface area contributed by atoms with Crippen molar-refractivity contribution in [2.75, 3.05) is 20.2 Å². The van der Waals surface area contributed by atoms with Gasteiger partial charge in [0.1, 0.15) is 0 Å². The highest BCUT2D eigenvalue weighted by Crippen LogP contribution is 2.01. The molecule has 1 N–H and O–H groups in total. The van der Waals surface area contributed by atoms with Crippen molar-refractivity contribution in [2.24, 2.45) is 5.92 Å². The molecule has 0 spiro atoms. The van der Waals surface area contributed by atoms with Gasteiger partial charge < -0.3 is 10.0 Å². The third-order valence-corrected chi connectivity index (χ3v) is 1.68. The van der Waals surface area contributed by atoms with Crippen molar-refractivity contribution in [3.05, 3.63) is 6.42 Å². The third kappa shape index (κ3) is 5.13. The van der Waals surface area contributed by atoms with Crippen molar-refractivity contribution in [2.45, 2.75) is 20.3 Å². The molecule has 0 saturated carbocycles. The number of hydrogen-bond donors (Lipinski definition) is 1. The molecule has 0 unspecified atom stereocenters. The molecular weight excluding hydrogens is 154 g/mol. The molecule has 0 aromatic rings. The zero-order chi connectivity index (χ0) is 9.56. The lowest BCUT2D eigenvalue weighted by Crippen LogP contribution is -2.29. The Morgan fingerprint density at radius 3 is 2.58 bits per heavy atom. The average Bonchev–Trinajstić information content (AvgIpc) is 2.00. The van der Waals surface area contributed by atoms with Gasteiger partial charge in [0, 0.05) is 13.6 Å². The lowest BCUT2D eigenvalue weighted by molar-refractivity contribution is -0.126. The summed E-state index contributed by atoms with van der Waals surface area (Å²) in [6.45, 7) is 4.82. The van der Waals surface area contributed by atoms with Gasteiger partial charge in [0.2, 0.25) is 5.91 Å². The molecule has 1 amide bonds. The molecule has 0 saturated heterocycles. The average molecular weight is 172 g/mol. The number of amides is 1. The van der Waals surface area contributed by atoms with Gasteiger partial charge in [0.15, 0.2) is 0 Å². The monoisotopic (exact) mass is 172 g/mol. The molecule has 0 aliphatic heterocycles. The first-order valence-electron chi connectivity index (χ1n) is 4.27. The smallest absolute Gasteiger partial charge is 0.228 e. The first-order chi connectivity index (χ1) is 5.57. The van der Waals surface area contributed by atoms with Gasteiger partial charge in [-0.05, 0) is 12.3 Å². The minimum Gasteiger partial charge on any atom is -0.396 e. The minimum atomic E-state index is -0.176. The Kier molecular flexibility index (Phi) is 5.72. The number of aliphatic hydroxyl groups is 1. The lowest BCUT2D eigenvalue weighted by atomic mass is 10.1. The van der Waals surface area contributed by atoms with Gasteiger partial charge in [-0.3, -0.25) is 4.79 Å². The Hall–Kier alpha value is -0.570. The maximum Gasteiger partial charge on any atom is 0.228 e. The van der Waals surface area contributed by atoms with Crippen LogP contribution in [0.5, 0.6) is 0 Å². The van der Waals surface area contributed by atoms with Crippen LogP contribution in [0.2, 0.25) is 0 Å². The van der Waals surface area contributed by atoms with Crippen LogP contribution in [-0.4, -0.2) is 36.1 Å². The van der Waals surface area contributed by atoms with E-state index in [1.807, 2.05) is 0 Å². The zero-order valence-corrected chi connectivity index (χ0v) is 8.08. The second kappa shape index (κ2) is 6.00. The summed E-state index contributed by atoms with van der Waals surface area (Å²) in [5.74, 6) is 0.507. The Bertz CT molecular complexity index is 134. The van der Waals surface area contributed by atoms with Crippen LogP contribution in [0, 0.1) is 12.3 Å². The van der Waals surface area contributed by atoms with Crippen molar-refractivity contribution < 1.29 is 9.90 Å². The summed E-state index contributed by atoms with van der Waals surface area (Å²) in [6.07, 6.45) is 2.28. The molecule has 0 aliphatic rings. The molecule has 3 heteroatoms. The SMILES string of the molecule is CC(C)CCN(C)C(=O)[CH]CO. The number of aliphatic hydroxyl groups excluding tert-OH is 1. The molecule has 1 radical (unpaired) electrons. The number of rotatable bonds is 5. The van der Waals surface area contributed by atoms with E-state index in [1.54, 1.807) is 11.9 Å². The van der Waals surface area contributed by atoms with E-state index in [0.29, 0.717) is 5.92 Å². The highest BCUT2D eigenvalue weighted by atomic mass is 16.3. The Balaban J connectivity index is 3.56. The fraction of sp³-hybridized carbons (Fsp3) is 0.778. The second-order valence-corrected chi connectivity index (χ2v) is 3.33. The summed E-state index contributed by atoms with van der Waals surface area (Å²) in [5.41, 5.74) is 0. The lowest BCUT2D eigenvalue weighted by Gasteiger charge is -2.17. The summed E-state index contributed by atoms with van der Waals surface area (Å²) in [4.78, 5) is 12.7. The van der Waals surface area contributed by atoms with Crippen LogP contribution in [0.25, 0.3) is 0 Å². The zero-order valence-electron chi connectivity index (χ0n) is 8.08. The first kappa shape index (κ1) is 11.4. The van der Waals surface area contributed by atoms with Crippen molar-refractivity contribution in [3.8, 4) is 0 Å². The van der Waals surface area contributed by atoms with E-state index in [0.717, 1.165) is 13.0 Å². The van der Waals surface area contributed by atoms with Crippen molar-refractivity contribution in [3.63, 3.8) is 0 Å². The normalized spacial score (nSPS) is 10.4. The quantitative estimate of drug-likeness (QED) is 0.662. The molecule has 0 heterocycles. The maximum absolute atomic E-state index is 11.1. The first-order valence-corrected chi connectivity index (χ1v) is 4.27. The van der Waals surface area contributed by atoms with Crippen LogP contribution < -0.4 is 0 Å². The summed E-state index contributed by atoms with van der Waals surface area (Å²) < 4.78 is 0. The summed E-state index contributed by atoms with van der Waals surface area (Å²) in [5, 5.41) is 8.46. The predicted molar refractivity (Wildman–Crippen MR) is 48.5 cm³/mol. The van der Waals surface area contributed by atoms with Crippen LogP contribution in [-0.2, 0) is 4.79 Å². The van der Waals surface area contributed by atoms with Gasteiger partial charge >= 0.3 is 0 Å². The van der Waals surface area contributed by atoms with E-state index in [2.05, 4.69) is 13.8 Å². The summed E-state index contributed by atoms with van der Waals surface area (Å²) >= 11 is 0.